The van der Waals surface area contributed by atoms with Crippen LogP contribution in [0.1, 0.15) is 32.0 Å². The number of carbonyl (C=O) groups excluding carboxylic acids is 2. The molecule has 1 heterocycles. The van der Waals surface area contributed by atoms with Crippen LogP contribution in [0.5, 0.6) is 11.5 Å². The summed E-state index contributed by atoms with van der Waals surface area (Å²) in [6, 6.07) is 10.5. The van der Waals surface area contributed by atoms with E-state index in [4.69, 9.17) is 21.1 Å². The predicted molar refractivity (Wildman–Crippen MR) is 112 cm³/mol. The number of nitrogens with one attached hydrogen (secondary N) is 2. The van der Waals surface area contributed by atoms with Crippen LogP contribution in [-0.2, 0) is 6.54 Å². The van der Waals surface area contributed by atoms with Gasteiger partial charge in [-0.25, -0.2) is 9.07 Å². The molecule has 0 aliphatic rings. The van der Waals surface area contributed by atoms with Gasteiger partial charge in [-0.15, -0.1) is 0 Å². The molecule has 0 fully saturated rings. The maximum atomic E-state index is 13.1. The Balaban J connectivity index is 1.70. The third kappa shape index (κ3) is 4.95. The Morgan fingerprint density at radius 2 is 1.68 bits per heavy atom. The number of nitrogens with zero attached hydrogens (tertiary/aromatic N) is 2. The molecular formula is C21H20ClFN4O4. The molecule has 0 atom stereocenters. The summed E-state index contributed by atoms with van der Waals surface area (Å²) in [5.74, 6) is -0.679. The zero-order valence-electron chi connectivity index (χ0n) is 17.0. The van der Waals surface area contributed by atoms with Crippen molar-refractivity contribution in [2.45, 2.75) is 13.5 Å². The van der Waals surface area contributed by atoms with E-state index in [1.807, 2.05) is 0 Å². The smallest absolute Gasteiger partial charge is 0.274 e. The number of carbonyl (C=O) groups is 2. The molecule has 0 aliphatic carbocycles. The molecule has 3 aromatic rings. The number of hydrogen-bond acceptors (Lipinski definition) is 5. The van der Waals surface area contributed by atoms with E-state index in [0.717, 1.165) is 5.56 Å². The number of aryl methyl sites for hydroxylation is 1. The van der Waals surface area contributed by atoms with E-state index in [1.54, 1.807) is 25.1 Å². The molecule has 0 saturated heterocycles. The summed E-state index contributed by atoms with van der Waals surface area (Å²) >= 11 is 6.33. The fourth-order valence-electron chi connectivity index (χ4n) is 2.90. The Morgan fingerprint density at radius 1 is 1.03 bits per heavy atom. The van der Waals surface area contributed by atoms with Gasteiger partial charge in [0.2, 0.25) is 0 Å². The van der Waals surface area contributed by atoms with Crippen LogP contribution < -0.4 is 20.3 Å². The van der Waals surface area contributed by atoms with E-state index in [0.29, 0.717) is 17.2 Å². The molecular weight excluding hydrogens is 427 g/mol. The van der Waals surface area contributed by atoms with Crippen molar-refractivity contribution in [3.8, 4) is 11.5 Å². The Bertz CT molecular complexity index is 1120. The van der Waals surface area contributed by atoms with Gasteiger partial charge in [0.05, 0.1) is 26.5 Å². The van der Waals surface area contributed by atoms with Crippen LogP contribution in [0.3, 0.4) is 0 Å². The highest BCUT2D eigenvalue weighted by Gasteiger charge is 2.21. The first-order chi connectivity index (χ1) is 14.8. The van der Waals surface area contributed by atoms with Crippen molar-refractivity contribution in [1.82, 2.24) is 20.6 Å². The second kappa shape index (κ2) is 9.48. The standard InChI is InChI=1S/C21H20ClFN4O4/c1-12-18(19(22)27(26-12)11-13-4-7-15(23)8-5-13)21(29)25-24-20(28)14-6-9-16(30-2)17(10-14)31-3/h4-10H,11H2,1-3H3,(H,24,28)(H,25,29). The molecule has 0 spiro atoms. The van der Waals surface area contributed by atoms with E-state index in [-0.39, 0.29) is 28.6 Å². The van der Waals surface area contributed by atoms with Gasteiger partial charge < -0.3 is 9.47 Å². The summed E-state index contributed by atoms with van der Waals surface area (Å²) in [7, 11) is 2.94. The number of aromatic nitrogens is 2. The Kier molecular flexibility index (Phi) is 6.76. The molecule has 2 N–H and O–H groups in total. The first-order valence-corrected chi connectivity index (χ1v) is 9.52. The molecule has 1 aromatic heterocycles. The minimum Gasteiger partial charge on any atom is -0.493 e. The monoisotopic (exact) mass is 446 g/mol. The van der Waals surface area contributed by atoms with Crippen molar-refractivity contribution in [3.05, 3.63) is 75.8 Å². The van der Waals surface area contributed by atoms with Crippen LogP contribution in [-0.4, -0.2) is 35.8 Å². The maximum Gasteiger partial charge on any atom is 0.274 e. The van der Waals surface area contributed by atoms with Gasteiger partial charge in [-0.1, -0.05) is 23.7 Å². The molecule has 0 unspecified atom stereocenters. The molecule has 0 bridgehead atoms. The fraction of sp³-hybridized carbons (Fsp3) is 0.190. The lowest BCUT2D eigenvalue weighted by atomic mass is 10.2. The second-order valence-electron chi connectivity index (χ2n) is 6.51. The fourth-order valence-corrected chi connectivity index (χ4v) is 3.22. The number of rotatable bonds is 6. The first kappa shape index (κ1) is 22.1. The van der Waals surface area contributed by atoms with Crippen LogP contribution >= 0.6 is 11.6 Å². The minimum atomic E-state index is -0.623. The highest BCUT2D eigenvalue weighted by Crippen LogP contribution is 2.27. The van der Waals surface area contributed by atoms with Gasteiger partial charge in [0.25, 0.3) is 11.8 Å². The van der Waals surface area contributed by atoms with Crippen molar-refractivity contribution in [1.29, 1.82) is 0 Å². The molecule has 10 heteroatoms. The van der Waals surface area contributed by atoms with E-state index in [1.165, 1.54) is 43.2 Å². The number of hydrazine groups is 1. The lowest BCUT2D eigenvalue weighted by molar-refractivity contribution is 0.0846. The SMILES string of the molecule is COc1ccc(C(=O)NNC(=O)c2c(C)nn(Cc3ccc(F)cc3)c2Cl)cc1OC. The number of ether oxygens (including phenoxy) is 2. The molecule has 0 radical (unpaired) electrons. The van der Waals surface area contributed by atoms with Crippen LogP contribution in [0, 0.1) is 12.7 Å². The number of benzene rings is 2. The Labute approximate surface area is 182 Å². The van der Waals surface area contributed by atoms with Gasteiger partial charge in [0, 0.05) is 5.56 Å². The summed E-state index contributed by atoms with van der Waals surface area (Å²) in [6.07, 6.45) is 0. The van der Waals surface area contributed by atoms with Crippen molar-refractivity contribution >= 4 is 23.4 Å². The van der Waals surface area contributed by atoms with Crippen molar-refractivity contribution < 1.29 is 23.5 Å². The molecule has 31 heavy (non-hydrogen) atoms. The third-order valence-corrected chi connectivity index (χ3v) is 4.86. The van der Waals surface area contributed by atoms with Crippen molar-refractivity contribution in [2.24, 2.45) is 0 Å². The average molecular weight is 447 g/mol. The first-order valence-electron chi connectivity index (χ1n) is 9.14. The predicted octanol–water partition coefficient (Wildman–Crippen LogP) is 3.12. The molecule has 0 aliphatic heterocycles. The van der Waals surface area contributed by atoms with E-state index >= 15 is 0 Å². The van der Waals surface area contributed by atoms with Gasteiger partial charge in [-0.3, -0.25) is 20.4 Å². The van der Waals surface area contributed by atoms with E-state index in [2.05, 4.69) is 16.0 Å². The number of halogens is 2. The summed E-state index contributed by atoms with van der Waals surface area (Å²) in [5, 5.41) is 4.36. The quantitative estimate of drug-likeness (QED) is 0.567. The van der Waals surface area contributed by atoms with Gasteiger partial charge in [-0.05, 0) is 42.8 Å². The molecule has 2 aromatic carbocycles. The third-order valence-electron chi connectivity index (χ3n) is 4.47. The largest absolute Gasteiger partial charge is 0.493 e. The number of hydrogen-bond donors (Lipinski definition) is 2. The van der Waals surface area contributed by atoms with Gasteiger partial charge in [-0.2, -0.15) is 5.10 Å². The summed E-state index contributed by atoms with van der Waals surface area (Å²) in [4.78, 5) is 25.0. The lowest BCUT2D eigenvalue weighted by Crippen LogP contribution is -2.41. The highest BCUT2D eigenvalue weighted by atomic mass is 35.5. The van der Waals surface area contributed by atoms with Crippen LogP contribution in [0.25, 0.3) is 0 Å². The normalized spacial score (nSPS) is 10.5. The molecule has 0 saturated carbocycles. The Morgan fingerprint density at radius 3 is 2.32 bits per heavy atom. The van der Waals surface area contributed by atoms with Gasteiger partial charge >= 0.3 is 0 Å². The van der Waals surface area contributed by atoms with Crippen molar-refractivity contribution in [2.75, 3.05) is 14.2 Å². The minimum absolute atomic E-state index is 0.0969. The maximum absolute atomic E-state index is 13.1. The van der Waals surface area contributed by atoms with Crippen molar-refractivity contribution in [3.63, 3.8) is 0 Å². The number of amides is 2. The summed E-state index contributed by atoms with van der Waals surface area (Å²) < 4.78 is 24.8. The van der Waals surface area contributed by atoms with Crippen LogP contribution in [0.4, 0.5) is 4.39 Å². The van der Waals surface area contributed by atoms with Gasteiger partial charge in [0.1, 0.15) is 16.5 Å². The molecule has 2 amide bonds. The van der Waals surface area contributed by atoms with E-state index in [9.17, 15) is 14.0 Å². The lowest BCUT2D eigenvalue weighted by Gasteiger charge is -2.11. The van der Waals surface area contributed by atoms with E-state index < -0.39 is 11.8 Å². The highest BCUT2D eigenvalue weighted by molar-refractivity contribution is 6.33. The van der Waals surface area contributed by atoms with Crippen LogP contribution in [0.2, 0.25) is 5.15 Å². The zero-order chi connectivity index (χ0) is 22.5. The van der Waals surface area contributed by atoms with Crippen LogP contribution in [0.15, 0.2) is 42.5 Å². The number of methoxy groups -OCH3 is 2. The second-order valence-corrected chi connectivity index (χ2v) is 6.87. The topological polar surface area (TPSA) is 94.5 Å². The molecule has 3 rings (SSSR count). The Hall–Kier alpha value is -3.59. The average Bonchev–Trinajstić information content (AvgIpc) is 3.05. The van der Waals surface area contributed by atoms with Gasteiger partial charge in [0.15, 0.2) is 11.5 Å². The summed E-state index contributed by atoms with van der Waals surface area (Å²) in [6.45, 7) is 1.88. The molecule has 8 nitrogen and oxygen atoms in total. The molecule has 162 valence electrons. The zero-order valence-corrected chi connectivity index (χ0v) is 17.8. The summed E-state index contributed by atoms with van der Waals surface area (Å²) in [5.41, 5.74) is 6.19.